The summed E-state index contributed by atoms with van der Waals surface area (Å²) in [6, 6.07) is 0.294. The van der Waals surface area contributed by atoms with Crippen molar-refractivity contribution in [2.75, 3.05) is 46.2 Å². The largest absolute Gasteiger partial charge is 0.353 e. The monoisotopic (exact) mass is 298 g/mol. The second-order valence-corrected chi connectivity index (χ2v) is 6.00. The van der Waals surface area contributed by atoms with Crippen LogP contribution in [0.3, 0.4) is 0 Å². The third-order valence-electron chi connectivity index (χ3n) is 4.27. The van der Waals surface area contributed by atoms with Crippen LogP contribution >= 0.6 is 0 Å². The molecule has 0 aliphatic carbocycles. The Kier molecular flexibility index (Phi) is 4.01. The Hall–Kier alpha value is -1.38. The highest BCUT2D eigenvalue weighted by Crippen LogP contribution is 2.29. The molecule has 0 aromatic carbocycles. The Morgan fingerprint density at radius 1 is 1.43 bits per heavy atom. The van der Waals surface area contributed by atoms with Gasteiger partial charge in [0.15, 0.2) is 5.82 Å². The smallest absolute Gasteiger partial charge is 0.300 e. The van der Waals surface area contributed by atoms with Crippen molar-refractivity contribution in [3.63, 3.8) is 0 Å². The van der Waals surface area contributed by atoms with Crippen LogP contribution in [0.15, 0.2) is 11.5 Å². The van der Waals surface area contributed by atoms with E-state index in [-0.39, 0.29) is 11.0 Å². The average molecular weight is 298 g/mol. The Morgan fingerprint density at radius 3 is 2.86 bits per heavy atom. The lowest BCUT2D eigenvalue weighted by atomic mass is 10.2. The third-order valence-corrected chi connectivity index (χ3v) is 4.27. The van der Waals surface area contributed by atoms with E-state index >= 15 is 0 Å². The van der Waals surface area contributed by atoms with Crippen LogP contribution in [-0.2, 0) is 9.47 Å². The van der Waals surface area contributed by atoms with Crippen molar-refractivity contribution in [3.8, 4) is 0 Å². The average Bonchev–Trinajstić information content (AvgIpc) is 3.08. The maximum absolute atomic E-state index is 11.5. The SMILES string of the molecule is CC(C)N1CC([N+](=O)[O-])=C2N(CC3COCO3)CCN2C1. The molecule has 1 unspecified atom stereocenters. The van der Waals surface area contributed by atoms with Crippen LogP contribution < -0.4 is 0 Å². The summed E-state index contributed by atoms with van der Waals surface area (Å²) in [4.78, 5) is 17.5. The van der Waals surface area contributed by atoms with Crippen LogP contribution in [0.2, 0.25) is 0 Å². The van der Waals surface area contributed by atoms with Gasteiger partial charge in [-0.2, -0.15) is 0 Å². The maximum atomic E-state index is 11.5. The predicted octanol–water partition coefficient (Wildman–Crippen LogP) is 0.104. The minimum atomic E-state index is -0.235. The molecule has 3 aliphatic heterocycles. The first-order valence-corrected chi connectivity index (χ1v) is 7.37. The molecule has 118 valence electrons. The molecule has 0 aromatic rings. The van der Waals surface area contributed by atoms with Crippen molar-refractivity contribution in [2.24, 2.45) is 0 Å². The van der Waals surface area contributed by atoms with E-state index in [4.69, 9.17) is 9.47 Å². The van der Waals surface area contributed by atoms with Crippen molar-refractivity contribution < 1.29 is 14.4 Å². The molecule has 2 fully saturated rings. The van der Waals surface area contributed by atoms with Gasteiger partial charge in [0.25, 0.3) is 5.70 Å². The molecule has 0 amide bonds. The maximum Gasteiger partial charge on any atom is 0.300 e. The fourth-order valence-electron chi connectivity index (χ4n) is 3.07. The number of hydrogen-bond donors (Lipinski definition) is 0. The number of rotatable bonds is 4. The molecule has 0 spiro atoms. The topological polar surface area (TPSA) is 71.3 Å². The van der Waals surface area contributed by atoms with Gasteiger partial charge in [-0.1, -0.05) is 0 Å². The lowest BCUT2D eigenvalue weighted by Gasteiger charge is -2.36. The summed E-state index contributed by atoms with van der Waals surface area (Å²) < 4.78 is 10.7. The van der Waals surface area contributed by atoms with Crippen LogP contribution in [-0.4, -0.2) is 78.0 Å². The molecule has 3 rings (SSSR count). The van der Waals surface area contributed by atoms with Gasteiger partial charge < -0.3 is 19.3 Å². The van der Waals surface area contributed by atoms with E-state index < -0.39 is 0 Å². The Bertz CT molecular complexity index is 447. The predicted molar refractivity (Wildman–Crippen MR) is 74.7 cm³/mol. The van der Waals surface area contributed by atoms with E-state index in [9.17, 15) is 10.1 Å². The zero-order chi connectivity index (χ0) is 15.0. The zero-order valence-electron chi connectivity index (χ0n) is 12.5. The summed E-state index contributed by atoms with van der Waals surface area (Å²) in [5, 5.41) is 11.5. The van der Waals surface area contributed by atoms with Crippen LogP contribution in [0.25, 0.3) is 0 Å². The van der Waals surface area contributed by atoms with Crippen molar-refractivity contribution in [3.05, 3.63) is 21.6 Å². The molecule has 0 radical (unpaired) electrons. The first kappa shape index (κ1) is 14.6. The van der Waals surface area contributed by atoms with E-state index in [0.29, 0.717) is 38.2 Å². The third kappa shape index (κ3) is 2.83. The molecular weight excluding hydrogens is 276 g/mol. The molecule has 0 bridgehead atoms. The second-order valence-electron chi connectivity index (χ2n) is 6.00. The van der Waals surface area contributed by atoms with Crippen LogP contribution in [0.5, 0.6) is 0 Å². The molecule has 1 atom stereocenters. The van der Waals surface area contributed by atoms with E-state index in [0.717, 1.165) is 25.6 Å². The van der Waals surface area contributed by atoms with Gasteiger partial charge in [0.1, 0.15) is 12.9 Å². The molecule has 0 N–H and O–H groups in total. The summed E-state index contributed by atoms with van der Waals surface area (Å²) in [5.41, 5.74) is 0.298. The minimum Gasteiger partial charge on any atom is -0.353 e. The van der Waals surface area contributed by atoms with Gasteiger partial charge in [0, 0.05) is 25.7 Å². The van der Waals surface area contributed by atoms with Crippen molar-refractivity contribution in [1.82, 2.24) is 14.7 Å². The Morgan fingerprint density at radius 2 is 2.24 bits per heavy atom. The van der Waals surface area contributed by atoms with Crippen molar-refractivity contribution >= 4 is 0 Å². The van der Waals surface area contributed by atoms with Gasteiger partial charge in [0.2, 0.25) is 0 Å². The van der Waals surface area contributed by atoms with Gasteiger partial charge in [-0.3, -0.25) is 15.0 Å². The fraction of sp³-hybridized carbons (Fsp3) is 0.846. The van der Waals surface area contributed by atoms with E-state index in [1.165, 1.54) is 0 Å². The lowest BCUT2D eigenvalue weighted by Crippen LogP contribution is -2.48. The first-order chi connectivity index (χ1) is 10.1. The van der Waals surface area contributed by atoms with Crippen LogP contribution in [0.1, 0.15) is 13.8 Å². The molecule has 3 heterocycles. The van der Waals surface area contributed by atoms with Gasteiger partial charge in [0.05, 0.1) is 24.7 Å². The second kappa shape index (κ2) is 5.78. The minimum absolute atomic E-state index is 0.00795. The highest BCUT2D eigenvalue weighted by molar-refractivity contribution is 5.15. The van der Waals surface area contributed by atoms with E-state index in [1.54, 1.807) is 0 Å². The molecular formula is C13H22N4O4. The fourth-order valence-corrected chi connectivity index (χ4v) is 3.07. The summed E-state index contributed by atoms with van der Waals surface area (Å²) in [5.74, 6) is 0.771. The highest BCUT2D eigenvalue weighted by Gasteiger charge is 2.40. The quantitative estimate of drug-likeness (QED) is 0.538. The van der Waals surface area contributed by atoms with Gasteiger partial charge in [-0.25, -0.2) is 0 Å². The van der Waals surface area contributed by atoms with E-state index in [1.807, 2.05) is 0 Å². The molecule has 0 saturated carbocycles. The number of hydrogen-bond acceptors (Lipinski definition) is 7. The normalized spacial score (nSPS) is 26.9. The molecule has 0 aromatic heterocycles. The van der Waals surface area contributed by atoms with Crippen LogP contribution in [0.4, 0.5) is 0 Å². The van der Waals surface area contributed by atoms with E-state index in [2.05, 4.69) is 28.5 Å². The summed E-state index contributed by atoms with van der Waals surface area (Å²) in [7, 11) is 0. The Balaban J connectivity index is 1.81. The standard InChI is InChI=1S/C13H22N4O4/c1-10(2)16-6-12(17(18)19)13-14(3-4-15(13)8-16)5-11-7-20-9-21-11/h10-11H,3-9H2,1-2H3. The number of nitro groups is 1. The molecule has 21 heavy (non-hydrogen) atoms. The number of ether oxygens (including phenoxy) is 2. The first-order valence-electron chi connectivity index (χ1n) is 7.37. The molecule has 2 saturated heterocycles. The summed E-state index contributed by atoms with van der Waals surface area (Å²) >= 11 is 0. The molecule has 8 nitrogen and oxygen atoms in total. The lowest BCUT2D eigenvalue weighted by molar-refractivity contribution is -0.433. The highest BCUT2D eigenvalue weighted by atomic mass is 16.7. The zero-order valence-corrected chi connectivity index (χ0v) is 12.5. The summed E-state index contributed by atoms with van der Waals surface area (Å²) in [6.07, 6.45) is 0.00795. The molecule has 3 aliphatic rings. The number of fused-ring (bicyclic) bond motifs is 1. The summed E-state index contributed by atoms with van der Waals surface area (Å²) in [6.45, 7) is 8.46. The van der Waals surface area contributed by atoms with Crippen molar-refractivity contribution in [2.45, 2.75) is 26.0 Å². The van der Waals surface area contributed by atoms with Crippen molar-refractivity contribution in [1.29, 1.82) is 0 Å². The van der Waals surface area contributed by atoms with Gasteiger partial charge in [-0.05, 0) is 13.8 Å². The Labute approximate surface area is 124 Å². The van der Waals surface area contributed by atoms with Gasteiger partial charge >= 0.3 is 0 Å². The number of nitrogens with zero attached hydrogens (tertiary/aromatic N) is 4. The molecule has 8 heteroatoms. The van der Waals surface area contributed by atoms with Gasteiger partial charge in [-0.15, -0.1) is 0 Å². The van der Waals surface area contributed by atoms with Crippen LogP contribution in [0, 0.1) is 10.1 Å².